The molecular formula is C82H26N2O4. The molecule has 8 atom stereocenters. The minimum Gasteiger partial charge on any atom is -0.379 e. The van der Waals surface area contributed by atoms with Gasteiger partial charge in [-0.25, -0.2) is 9.97 Å². The molecule has 6 nitrogen and oxygen atoms in total. The van der Waals surface area contributed by atoms with Gasteiger partial charge in [0.15, 0.2) is 0 Å². The Morgan fingerprint density at radius 3 is 0.807 bits per heavy atom. The van der Waals surface area contributed by atoms with E-state index in [4.69, 9.17) is 19.4 Å². The summed E-state index contributed by atoms with van der Waals surface area (Å²) in [5.74, 6) is 0. The van der Waals surface area contributed by atoms with Crippen LogP contribution in [0.2, 0.25) is 0 Å². The van der Waals surface area contributed by atoms with Crippen LogP contribution in [0.25, 0.3) is 280 Å². The van der Waals surface area contributed by atoms with E-state index in [1.807, 2.05) is 0 Å². The van der Waals surface area contributed by atoms with Crippen LogP contribution in [-0.2, 0) is 51.8 Å². The first-order chi connectivity index (χ1) is 43.6. The second-order valence-corrected chi connectivity index (χ2v) is 32.5. The Balaban J connectivity index is 1.03. The molecule has 7 aliphatic carbocycles. The van der Waals surface area contributed by atoms with Gasteiger partial charge in [0.2, 0.25) is 0 Å². The Labute approximate surface area is 485 Å². The van der Waals surface area contributed by atoms with Crippen LogP contribution < -0.4 is 0 Å². The topological polar surface area (TPSA) is 62.7 Å². The molecule has 11 aliphatic rings. The van der Waals surface area contributed by atoms with Gasteiger partial charge in [-0.15, -0.1) is 0 Å². The molecule has 6 spiro atoms. The van der Waals surface area contributed by atoms with E-state index >= 15 is 0 Å². The molecule has 1 aromatic heterocycles. The highest BCUT2D eigenvalue weighted by molar-refractivity contribution is 6.81. The molecule has 4 fully saturated rings. The van der Waals surface area contributed by atoms with Crippen LogP contribution >= 0.6 is 0 Å². The maximum absolute atomic E-state index is 9.38. The molecular weight excluding hydrogens is 1080 g/mol. The monoisotopic (exact) mass is 1100 g/mol. The Hall–Kier alpha value is -8.88. The smallest absolute Gasteiger partial charge is 0.125 e. The quantitative estimate of drug-likeness (QED) is 0.155. The van der Waals surface area contributed by atoms with Crippen molar-refractivity contribution in [1.29, 1.82) is 0 Å². The first-order valence-electron chi connectivity index (χ1n) is 33.5. The number of aromatic nitrogens is 2. The van der Waals surface area contributed by atoms with E-state index in [0.29, 0.717) is 26.4 Å². The third-order valence-electron chi connectivity index (χ3n) is 32.7. The van der Waals surface area contributed by atoms with Gasteiger partial charge >= 0.3 is 0 Å². The predicted octanol–water partition coefficient (Wildman–Crippen LogP) is 18.4. The van der Waals surface area contributed by atoms with Gasteiger partial charge < -0.3 is 18.9 Å². The van der Waals surface area contributed by atoms with E-state index in [9.17, 15) is 9.47 Å². The van der Waals surface area contributed by atoms with Gasteiger partial charge in [0.1, 0.15) is 22.4 Å². The van der Waals surface area contributed by atoms with Crippen LogP contribution in [0.3, 0.4) is 0 Å². The number of hydrogen-bond acceptors (Lipinski definition) is 6. The van der Waals surface area contributed by atoms with Crippen molar-refractivity contribution in [3.05, 3.63) is 69.0 Å². The van der Waals surface area contributed by atoms with Crippen molar-refractivity contribution in [1.82, 2.24) is 9.97 Å². The average molecular weight is 1100 g/mol. The van der Waals surface area contributed by atoms with Gasteiger partial charge in [-0.3, -0.25) is 0 Å². The van der Waals surface area contributed by atoms with Crippen LogP contribution in [0, 0.1) is 0 Å². The summed E-state index contributed by atoms with van der Waals surface area (Å²) >= 11 is 0. The fraction of sp³-hybridized carbons (Fsp3) is 0.220. The molecule has 5 heterocycles. The van der Waals surface area contributed by atoms with Gasteiger partial charge in [0.05, 0.1) is 57.3 Å². The van der Waals surface area contributed by atoms with E-state index in [1.165, 1.54) is 0 Å². The van der Waals surface area contributed by atoms with Crippen LogP contribution in [0.1, 0.15) is 84.3 Å². The lowest BCUT2D eigenvalue weighted by atomic mass is 9.21. The minimum atomic E-state index is -0.920. The van der Waals surface area contributed by atoms with Gasteiger partial charge in [0.25, 0.3) is 0 Å². The second kappa shape index (κ2) is 8.26. The first-order valence-corrected chi connectivity index (χ1v) is 33.5. The van der Waals surface area contributed by atoms with E-state index in [0.717, 1.165) is 48.1 Å². The van der Waals surface area contributed by atoms with E-state index in [-0.39, 0.29) is 0 Å². The van der Waals surface area contributed by atoms with Gasteiger partial charge in [-0.2, -0.15) is 0 Å². The zero-order valence-electron chi connectivity index (χ0n) is 46.5. The summed E-state index contributed by atoms with van der Waals surface area (Å²) in [5, 5.41) is 80.7. The summed E-state index contributed by atoms with van der Waals surface area (Å²) in [7, 11) is 0. The van der Waals surface area contributed by atoms with Gasteiger partial charge in [-0.1, -0.05) is 12.1 Å². The molecule has 27 aromatic carbocycles. The highest BCUT2D eigenvalue weighted by Crippen LogP contribution is 3.02. The molecule has 88 heavy (non-hydrogen) atoms. The van der Waals surface area contributed by atoms with E-state index in [1.54, 1.807) is 303 Å². The fourth-order valence-corrected chi connectivity index (χ4v) is 33.2. The van der Waals surface area contributed by atoms with Crippen molar-refractivity contribution in [2.75, 3.05) is 26.4 Å². The summed E-state index contributed by atoms with van der Waals surface area (Å²) in [6.07, 6.45) is 3.49. The molecule has 388 valence electrons. The van der Waals surface area contributed by atoms with Crippen molar-refractivity contribution in [2.24, 2.45) is 0 Å². The average Bonchev–Trinajstić information content (AvgIpc) is 1.34. The molecule has 0 N–H and O–H groups in total. The molecule has 28 aromatic rings. The highest BCUT2D eigenvalue weighted by atomic mass is 16.6. The molecule has 0 amide bonds. The SMILES string of the molecule is CCOC[C@@]12CC[C@]3(O1)c1nc4ccccc4nc1[C@]14CC[C@@](COCC)(O1)C15c6c7c8c9c%10c%11c%12c%13c%14c(c%15c%16c1c1c6c6c8c8c%17c9c9c%11c%11c%12c%12c%14c%14c%15c%15c%16c%16c1c1c6c8c6c8c%17c9c9c%11c%11c%12c%14c%12c%15c%14c%16c1c6c1c%14c%12c%11c9c81)C54C%133C7%102. The zero-order chi connectivity index (χ0) is 53.4. The molecule has 4 bridgehead atoms. The zero-order valence-corrected chi connectivity index (χ0v) is 46.5. The lowest BCUT2D eigenvalue weighted by Crippen LogP contribution is -2.85. The van der Waals surface area contributed by atoms with Crippen molar-refractivity contribution in [2.45, 2.75) is 83.6 Å². The van der Waals surface area contributed by atoms with Crippen LogP contribution in [0.4, 0.5) is 0 Å². The van der Waals surface area contributed by atoms with Crippen LogP contribution in [0.15, 0.2) is 24.3 Å². The highest BCUT2D eigenvalue weighted by Gasteiger charge is 3.06. The number of para-hydroxylation sites is 2. The number of nitrogens with zero attached hydrogens (tertiary/aromatic N) is 2. The maximum atomic E-state index is 9.38. The normalized spacial score (nSPS) is 32.8. The number of ether oxygens (including phenoxy) is 4. The van der Waals surface area contributed by atoms with E-state index < -0.39 is 44.1 Å². The van der Waals surface area contributed by atoms with Crippen molar-refractivity contribution in [3.8, 4) is 0 Å². The lowest BCUT2D eigenvalue weighted by Gasteiger charge is -2.76. The Kier molecular flexibility index (Phi) is 3.36. The summed E-state index contributed by atoms with van der Waals surface area (Å²) in [4.78, 5) is 12.7. The fourth-order valence-electron chi connectivity index (χ4n) is 33.2. The molecule has 6 heteroatoms. The van der Waals surface area contributed by atoms with Crippen molar-refractivity contribution >= 4 is 280 Å². The maximum Gasteiger partial charge on any atom is 0.125 e. The molecule has 4 unspecified atom stereocenters. The number of hydrogen-bond donors (Lipinski definition) is 0. The largest absolute Gasteiger partial charge is 0.379 e. The molecule has 39 rings (SSSR count). The Morgan fingerprint density at radius 1 is 0.295 bits per heavy atom. The lowest BCUT2D eigenvalue weighted by molar-refractivity contribution is -0.155. The second-order valence-electron chi connectivity index (χ2n) is 32.5. The van der Waals surface area contributed by atoms with Crippen molar-refractivity contribution < 1.29 is 18.9 Å². The minimum absolute atomic E-state index is 0.527. The summed E-state index contributed by atoms with van der Waals surface area (Å²) in [6.45, 7) is 6.81. The molecule has 0 radical (unpaired) electrons. The van der Waals surface area contributed by atoms with E-state index in [2.05, 4.69) is 38.1 Å². The summed E-state index contributed by atoms with van der Waals surface area (Å²) in [6, 6.07) is 8.90. The molecule has 0 saturated carbocycles. The number of fused-ring (bicyclic) bond motifs is 4. The molecule has 4 saturated heterocycles. The predicted molar refractivity (Wildman–Crippen MR) is 351 cm³/mol. The Bertz CT molecular complexity index is 8120. The van der Waals surface area contributed by atoms with Gasteiger partial charge in [-0.05, 0) is 354 Å². The first kappa shape index (κ1) is 35.8. The van der Waals surface area contributed by atoms with Crippen LogP contribution in [0.5, 0.6) is 0 Å². The number of rotatable bonds is 6. The Morgan fingerprint density at radius 2 is 0.534 bits per heavy atom. The van der Waals surface area contributed by atoms with Gasteiger partial charge in [0, 0.05) is 13.2 Å². The number of benzene rings is 18. The van der Waals surface area contributed by atoms with Crippen LogP contribution in [-0.4, -0.2) is 47.6 Å². The molecule has 4 aliphatic heterocycles. The summed E-state index contributed by atoms with van der Waals surface area (Å²) < 4.78 is 33.7. The third kappa shape index (κ3) is 1.90. The van der Waals surface area contributed by atoms with Crippen molar-refractivity contribution in [3.63, 3.8) is 0 Å². The standard InChI is InChI=1S/C82H26N2O4/c1-3-85-13-75-9-11-77(87-75)73-74(84-16-8-6-5-7-15(16)83-73)78-12-10-76(88-78,14-86-4-2)80-68-59-52-44-35-27-20-18-17-19-21-22(20)29-33(27)46(52)54-48-37(29)36-28(21)32-26(19)34-30-23(17)25-24(18)31(35)40-42-38(25)41-39(30)49-43(34)51-45(32)53-47(36)57(48)66-69-62(53)58(51)67-60(49)64-55(41)56(42)65(61(68)50(40)44)72(80)71(64)79(67,75)81(69,77)82(78,80)70(66)63(54)59/h5-8H,3-4,9-14H2,1-2H3/t75-,76+,77-,78-,79?,80?,81?,82?/m0/s1. The summed E-state index contributed by atoms with van der Waals surface area (Å²) in [5.41, 5.74) is 7.69. The third-order valence-corrected chi connectivity index (χ3v) is 32.7.